The summed E-state index contributed by atoms with van der Waals surface area (Å²) in [6, 6.07) is 5.47. The van der Waals surface area contributed by atoms with E-state index in [0.29, 0.717) is 25.6 Å². The Hall–Kier alpha value is -1.51. The van der Waals surface area contributed by atoms with Gasteiger partial charge in [0.25, 0.3) is 0 Å². The van der Waals surface area contributed by atoms with Crippen LogP contribution in [0.2, 0.25) is 0 Å². The summed E-state index contributed by atoms with van der Waals surface area (Å²) >= 11 is 0. The van der Waals surface area contributed by atoms with Crippen LogP contribution >= 0.6 is 0 Å². The first-order valence-corrected chi connectivity index (χ1v) is 12.1. The minimum Gasteiger partial charge on any atom is -0.341 e. The highest BCUT2D eigenvalue weighted by Crippen LogP contribution is 2.36. The molecular weight excluding hydrogens is 393 g/mol. The van der Waals surface area contributed by atoms with E-state index in [1.807, 2.05) is 9.80 Å². The highest BCUT2D eigenvalue weighted by atomic mass is 32.2. The molecule has 2 aliphatic heterocycles. The molecule has 2 saturated heterocycles. The van der Waals surface area contributed by atoms with Gasteiger partial charge in [-0.25, -0.2) is 12.8 Å². The van der Waals surface area contributed by atoms with Gasteiger partial charge < -0.3 is 4.90 Å². The number of hydrogen-bond acceptors (Lipinski definition) is 4. The number of piperidine rings is 1. The average molecular weight is 424 g/mol. The second-order valence-corrected chi connectivity index (χ2v) is 10.5. The van der Waals surface area contributed by atoms with Crippen molar-refractivity contribution in [3.8, 4) is 0 Å². The lowest BCUT2D eigenvalue weighted by Crippen LogP contribution is -2.53. The second-order valence-electron chi connectivity index (χ2n) is 8.54. The molecule has 1 saturated carbocycles. The highest BCUT2D eigenvalue weighted by molar-refractivity contribution is 7.89. The Morgan fingerprint density at radius 1 is 0.966 bits per heavy atom. The van der Waals surface area contributed by atoms with Crippen molar-refractivity contribution in [2.45, 2.75) is 37.0 Å². The van der Waals surface area contributed by atoms with E-state index < -0.39 is 15.8 Å². The van der Waals surface area contributed by atoms with Gasteiger partial charge in [-0.1, -0.05) is 31.4 Å². The SMILES string of the molecule is O=C(CN1CCN(S(=O)(=O)c2ccccc2F)CC1)N1CC[C@@H]2CCCC[C@H]2C1. The van der Waals surface area contributed by atoms with Crippen molar-refractivity contribution < 1.29 is 17.6 Å². The lowest BCUT2D eigenvalue weighted by Gasteiger charge is -2.42. The molecule has 3 aliphatic rings. The van der Waals surface area contributed by atoms with Crippen LogP contribution in [0.3, 0.4) is 0 Å². The average Bonchev–Trinajstić information content (AvgIpc) is 2.74. The lowest BCUT2D eigenvalue weighted by atomic mass is 9.75. The largest absolute Gasteiger partial charge is 0.341 e. The molecule has 0 radical (unpaired) electrons. The number of rotatable bonds is 4. The molecule has 3 fully saturated rings. The van der Waals surface area contributed by atoms with Crippen LogP contribution in [0.4, 0.5) is 4.39 Å². The van der Waals surface area contributed by atoms with Crippen molar-refractivity contribution in [2.75, 3.05) is 45.8 Å². The van der Waals surface area contributed by atoms with Crippen LogP contribution in [0, 0.1) is 17.7 Å². The van der Waals surface area contributed by atoms with Gasteiger partial charge in [0, 0.05) is 39.3 Å². The molecule has 8 heteroatoms. The number of likely N-dealkylation sites (tertiary alicyclic amines) is 1. The van der Waals surface area contributed by atoms with Crippen LogP contribution in [0.5, 0.6) is 0 Å². The van der Waals surface area contributed by atoms with E-state index in [2.05, 4.69) is 0 Å². The molecule has 0 unspecified atom stereocenters. The highest BCUT2D eigenvalue weighted by Gasteiger charge is 2.34. The molecule has 0 spiro atoms. The van der Waals surface area contributed by atoms with Gasteiger partial charge >= 0.3 is 0 Å². The minimum atomic E-state index is -3.84. The standard InChI is InChI=1S/C21H30FN3O3S/c22-19-7-3-4-8-20(19)29(27,28)25-13-11-23(12-14-25)16-21(26)24-10-9-17-5-1-2-6-18(17)15-24/h3-4,7-8,17-18H,1-2,5-6,9-16H2/t17-,18-/m0/s1. The van der Waals surface area contributed by atoms with E-state index in [0.717, 1.165) is 31.5 Å². The molecule has 1 amide bonds. The van der Waals surface area contributed by atoms with Crippen LogP contribution in [0.15, 0.2) is 29.2 Å². The molecule has 2 atom stereocenters. The molecule has 29 heavy (non-hydrogen) atoms. The number of fused-ring (bicyclic) bond motifs is 1. The van der Waals surface area contributed by atoms with Crippen LogP contribution in [0.1, 0.15) is 32.1 Å². The van der Waals surface area contributed by atoms with Gasteiger partial charge in [0.15, 0.2) is 0 Å². The summed E-state index contributed by atoms with van der Waals surface area (Å²) in [5, 5.41) is 0. The fourth-order valence-corrected chi connectivity index (χ4v) is 6.53. The Bertz CT molecular complexity index is 839. The van der Waals surface area contributed by atoms with Crippen molar-refractivity contribution in [3.05, 3.63) is 30.1 Å². The lowest BCUT2D eigenvalue weighted by molar-refractivity contribution is -0.135. The third-order valence-corrected chi connectivity index (χ3v) is 8.72. The molecule has 0 N–H and O–H groups in total. The molecule has 1 aliphatic carbocycles. The van der Waals surface area contributed by atoms with Crippen molar-refractivity contribution in [2.24, 2.45) is 11.8 Å². The molecular formula is C21H30FN3O3S. The Morgan fingerprint density at radius 3 is 2.38 bits per heavy atom. The van der Waals surface area contributed by atoms with Gasteiger partial charge in [-0.05, 0) is 36.8 Å². The number of piperazine rings is 1. The summed E-state index contributed by atoms with van der Waals surface area (Å²) in [7, 11) is -3.84. The Labute approximate surface area is 172 Å². The molecule has 0 bridgehead atoms. The third kappa shape index (κ3) is 4.49. The van der Waals surface area contributed by atoms with Crippen molar-refractivity contribution in [3.63, 3.8) is 0 Å². The Kier molecular flexibility index (Phi) is 6.22. The molecule has 6 nitrogen and oxygen atoms in total. The summed E-state index contributed by atoms with van der Waals surface area (Å²) in [6.45, 7) is 3.58. The summed E-state index contributed by atoms with van der Waals surface area (Å²) in [5.41, 5.74) is 0. The number of amides is 1. The number of carbonyl (C=O) groups is 1. The van der Waals surface area contributed by atoms with Gasteiger partial charge in [0.05, 0.1) is 6.54 Å². The van der Waals surface area contributed by atoms with Gasteiger partial charge in [-0.3, -0.25) is 9.69 Å². The van der Waals surface area contributed by atoms with Gasteiger partial charge in [-0.2, -0.15) is 4.31 Å². The molecule has 160 valence electrons. The van der Waals surface area contributed by atoms with Crippen molar-refractivity contribution >= 4 is 15.9 Å². The predicted molar refractivity (Wildman–Crippen MR) is 108 cm³/mol. The first-order valence-electron chi connectivity index (χ1n) is 10.7. The smallest absolute Gasteiger partial charge is 0.246 e. The molecule has 4 rings (SSSR count). The Balaban J connectivity index is 1.30. The van der Waals surface area contributed by atoms with E-state index in [4.69, 9.17) is 0 Å². The van der Waals surface area contributed by atoms with Crippen LogP contribution < -0.4 is 0 Å². The second kappa shape index (κ2) is 8.70. The zero-order valence-corrected chi connectivity index (χ0v) is 17.6. The summed E-state index contributed by atoms with van der Waals surface area (Å²) in [6.07, 6.45) is 6.27. The zero-order chi connectivity index (χ0) is 20.4. The number of sulfonamides is 1. The number of carbonyl (C=O) groups excluding carboxylic acids is 1. The topological polar surface area (TPSA) is 60.9 Å². The predicted octanol–water partition coefficient (Wildman–Crippen LogP) is 2.17. The van der Waals surface area contributed by atoms with Crippen LogP contribution in [-0.4, -0.2) is 74.2 Å². The van der Waals surface area contributed by atoms with Crippen LogP contribution in [0.25, 0.3) is 0 Å². The van der Waals surface area contributed by atoms with Crippen molar-refractivity contribution in [1.29, 1.82) is 0 Å². The quantitative estimate of drug-likeness (QED) is 0.745. The van der Waals surface area contributed by atoms with Gasteiger partial charge in [0.2, 0.25) is 15.9 Å². The van der Waals surface area contributed by atoms with E-state index in [1.165, 1.54) is 48.2 Å². The van der Waals surface area contributed by atoms with Crippen LogP contribution in [-0.2, 0) is 14.8 Å². The van der Waals surface area contributed by atoms with Gasteiger partial charge in [-0.15, -0.1) is 0 Å². The van der Waals surface area contributed by atoms with E-state index in [-0.39, 0.29) is 23.9 Å². The van der Waals surface area contributed by atoms with E-state index >= 15 is 0 Å². The number of nitrogens with zero attached hydrogens (tertiary/aromatic N) is 3. The number of halogens is 1. The Morgan fingerprint density at radius 2 is 1.66 bits per heavy atom. The normalized spacial score (nSPS) is 26.9. The summed E-state index contributed by atoms with van der Waals surface area (Å²) in [4.78, 5) is 16.5. The third-order valence-electron chi connectivity index (χ3n) is 6.79. The molecule has 1 aromatic carbocycles. The zero-order valence-electron chi connectivity index (χ0n) is 16.8. The fraction of sp³-hybridized carbons (Fsp3) is 0.667. The molecule has 1 aromatic rings. The monoisotopic (exact) mass is 423 g/mol. The number of hydrogen-bond donors (Lipinski definition) is 0. The van der Waals surface area contributed by atoms with E-state index in [1.54, 1.807) is 0 Å². The minimum absolute atomic E-state index is 0.152. The maximum Gasteiger partial charge on any atom is 0.246 e. The number of benzene rings is 1. The summed E-state index contributed by atoms with van der Waals surface area (Å²) < 4.78 is 40.7. The van der Waals surface area contributed by atoms with Crippen molar-refractivity contribution in [1.82, 2.24) is 14.1 Å². The molecule has 2 heterocycles. The molecule has 0 aromatic heterocycles. The maximum absolute atomic E-state index is 13.9. The van der Waals surface area contributed by atoms with E-state index in [9.17, 15) is 17.6 Å². The summed E-state index contributed by atoms with van der Waals surface area (Å²) in [5.74, 6) is 0.875. The maximum atomic E-state index is 13.9. The fourth-order valence-electron chi connectivity index (χ4n) is 5.04. The first kappa shape index (κ1) is 20.8. The first-order chi connectivity index (χ1) is 13.9. The van der Waals surface area contributed by atoms with Gasteiger partial charge in [0.1, 0.15) is 10.7 Å².